The van der Waals surface area contributed by atoms with Crippen molar-refractivity contribution in [1.29, 1.82) is 0 Å². The van der Waals surface area contributed by atoms with Gasteiger partial charge in [-0.3, -0.25) is 0 Å². The van der Waals surface area contributed by atoms with Crippen molar-refractivity contribution in [3.63, 3.8) is 0 Å². The summed E-state index contributed by atoms with van der Waals surface area (Å²) in [6.45, 7) is 12.6. The predicted octanol–water partition coefficient (Wildman–Crippen LogP) is 5.04. The van der Waals surface area contributed by atoms with Gasteiger partial charge in [0.05, 0.1) is 0 Å². The van der Waals surface area contributed by atoms with Gasteiger partial charge in [0.1, 0.15) is 0 Å². The lowest BCUT2D eigenvalue weighted by Gasteiger charge is -2.09. The first-order valence-electron chi connectivity index (χ1n) is 5.55. The van der Waals surface area contributed by atoms with E-state index in [0.717, 1.165) is 12.8 Å². The summed E-state index contributed by atoms with van der Waals surface area (Å²) in [5, 5.41) is 0. The highest BCUT2D eigenvalue weighted by Crippen LogP contribution is 2.19. The Morgan fingerprint density at radius 3 is 2.29 bits per heavy atom. The van der Waals surface area contributed by atoms with Gasteiger partial charge in [0.25, 0.3) is 0 Å². The third-order valence-corrected chi connectivity index (χ3v) is 2.66. The summed E-state index contributed by atoms with van der Waals surface area (Å²) in [4.78, 5) is 0. The van der Waals surface area contributed by atoms with Gasteiger partial charge >= 0.3 is 0 Å². The molecule has 0 aromatic heterocycles. The van der Waals surface area contributed by atoms with Crippen LogP contribution in [-0.2, 0) is 0 Å². The van der Waals surface area contributed by atoms with Crippen LogP contribution in [0.3, 0.4) is 0 Å². The standard InChI is InChI=1S/C14H24/c1-6-9-12(4)13(5)11-14(8-3)10-7-2/h7-8H,2,6,9-11H2,1,3-5H3. The topological polar surface area (TPSA) is 0 Å². The minimum absolute atomic E-state index is 1.02. The van der Waals surface area contributed by atoms with E-state index in [-0.39, 0.29) is 0 Å². The first-order chi connectivity index (χ1) is 6.65. The second-order valence-electron chi connectivity index (χ2n) is 3.93. The fourth-order valence-corrected chi connectivity index (χ4v) is 1.56. The Labute approximate surface area is 89.4 Å². The molecule has 0 nitrogen and oxygen atoms in total. The summed E-state index contributed by atoms with van der Waals surface area (Å²) < 4.78 is 0. The maximum atomic E-state index is 3.78. The molecule has 0 bridgehead atoms. The first-order valence-corrected chi connectivity index (χ1v) is 5.55. The normalized spacial score (nSPS) is 13.9. The van der Waals surface area contributed by atoms with Crippen LogP contribution in [0.1, 0.15) is 53.4 Å². The molecule has 0 unspecified atom stereocenters. The first kappa shape index (κ1) is 13.2. The highest BCUT2D eigenvalue weighted by atomic mass is 14.1. The number of hydrogen-bond donors (Lipinski definition) is 0. The summed E-state index contributed by atoms with van der Waals surface area (Å²) >= 11 is 0. The fraction of sp³-hybridized carbons (Fsp3) is 0.571. The third-order valence-electron chi connectivity index (χ3n) is 2.66. The van der Waals surface area contributed by atoms with Gasteiger partial charge in [-0.05, 0) is 40.0 Å². The van der Waals surface area contributed by atoms with Crippen LogP contribution in [-0.4, -0.2) is 0 Å². The van der Waals surface area contributed by atoms with Crippen molar-refractivity contribution >= 4 is 0 Å². The van der Waals surface area contributed by atoms with Crippen LogP contribution in [0.25, 0.3) is 0 Å². The van der Waals surface area contributed by atoms with Crippen LogP contribution in [0.4, 0.5) is 0 Å². The molecule has 0 fully saturated rings. The van der Waals surface area contributed by atoms with Crippen LogP contribution < -0.4 is 0 Å². The lowest BCUT2D eigenvalue weighted by Crippen LogP contribution is -1.88. The average Bonchev–Trinajstić information content (AvgIpc) is 2.17. The Hall–Kier alpha value is -0.780. The molecule has 0 aromatic carbocycles. The molecule has 14 heavy (non-hydrogen) atoms. The summed E-state index contributed by atoms with van der Waals surface area (Å²) in [5.74, 6) is 0. The van der Waals surface area contributed by atoms with Crippen LogP contribution in [0.2, 0.25) is 0 Å². The minimum Gasteiger partial charge on any atom is -0.103 e. The van der Waals surface area contributed by atoms with Crippen LogP contribution in [0.15, 0.2) is 35.5 Å². The van der Waals surface area contributed by atoms with E-state index in [1.807, 2.05) is 6.08 Å². The zero-order valence-corrected chi connectivity index (χ0v) is 10.2. The second kappa shape index (κ2) is 7.61. The molecule has 0 heterocycles. The van der Waals surface area contributed by atoms with E-state index in [4.69, 9.17) is 0 Å². The van der Waals surface area contributed by atoms with E-state index in [9.17, 15) is 0 Å². The minimum atomic E-state index is 1.02. The van der Waals surface area contributed by atoms with Gasteiger partial charge in [0.15, 0.2) is 0 Å². The average molecular weight is 192 g/mol. The Bertz CT molecular complexity index is 228. The van der Waals surface area contributed by atoms with Crippen molar-refractivity contribution in [3.05, 3.63) is 35.5 Å². The summed E-state index contributed by atoms with van der Waals surface area (Å²) in [7, 11) is 0. The van der Waals surface area contributed by atoms with E-state index in [1.54, 1.807) is 5.57 Å². The molecule has 0 aliphatic carbocycles. The van der Waals surface area contributed by atoms with Crippen molar-refractivity contribution in [1.82, 2.24) is 0 Å². The Morgan fingerprint density at radius 1 is 1.21 bits per heavy atom. The second-order valence-corrected chi connectivity index (χ2v) is 3.93. The summed E-state index contributed by atoms with van der Waals surface area (Å²) in [5.41, 5.74) is 4.56. The lowest BCUT2D eigenvalue weighted by molar-refractivity contribution is 0.873. The van der Waals surface area contributed by atoms with Gasteiger partial charge in [-0.25, -0.2) is 0 Å². The van der Waals surface area contributed by atoms with Gasteiger partial charge < -0.3 is 0 Å². The van der Waals surface area contributed by atoms with Crippen molar-refractivity contribution in [2.75, 3.05) is 0 Å². The molecule has 0 aliphatic rings. The zero-order valence-electron chi connectivity index (χ0n) is 10.2. The zero-order chi connectivity index (χ0) is 11.0. The number of hydrogen-bond acceptors (Lipinski definition) is 0. The number of allylic oxidation sites excluding steroid dienone is 5. The Kier molecular flexibility index (Phi) is 7.18. The number of rotatable bonds is 6. The molecule has 0 N–H and O–H groups in total. The van der Waals surface area contributed by atoms with Gasteiger partial charge in [0.2, 0.25) is 0 Å². The molecule has 80 valence electrons. The SMILES string of the molecule is C=CCC(=CC)CC(C)=C(C)CCC. The van der Waals surface area contributed by atoms with Gasteiger partial charge in [-0.1, -0.05) is 42.2 Å². The molecule has 0 saturated heterocycles. The van der Waals surface area contributed by atoms with Crippen molar-refractivity contribution < 1.29 is 0 Å². The molecule has 0 atom stereocenters. The summed E-state index contributed by atoms with van der Waals surface area (Å²) in [6.07, 6.45) is 8.82. The van der Waals surface area contributed by atoms with Crippen molar-refractivity contribution in [2.24, 2.45) is 0 Å². The maximum Gasteiger partial charge on any atom is -0.0106 e. The highest BCUT2D eigenvalue weighted by Gasteiger charge is 1.99. The third kappa shape index (κ3) is 5.06. The molecule has 0 spiro atoms. The van der Waals surface area contributed by atoms with Crippen LogP contribution in [0, 0.1) is 0 Å². The van der Waals surface area contributed by atoms with E-state index in [1.165, 1.54) is 24.0 Å². The van der Waals surface area contributed by atoms with E-state index >= 15 is 0 Å². The maximum absolute atomic E-state index is 3.78. The van der Waals surface area contributed by atoms with Crippen LogP contribution in [0.5, 0.6) is 0 Å². The molecule has 0 aliphatic heterocycles. The molecule has 0 aromatic rings. The molecule has 0 saturated carbocycles. The highest BCUT2D eigenvalue weighted by molar-refractivity contribution is 5.19. The molecule has 0 amide bonds. The molecule has 0 rings (SSSR count). The Morgan fingerprint density at radius 2 is 1.86 bits per heavy atom. The fourth-order valence-electron chi connectivity index (χ4n) is 1.56. The molecule has 0 radical (unpaired) electrons. The largest absolute Gasteiger partial charge is 0.103 e. The molecular weight excluding hydrogens is 168 g/mol. The lowest BCUT2D eigenvalue weighted by atomic mass is 9.98. The Balaban J connectivity index is 4.34. The van der Waals surface area contributed by atoms with Crippen molar-refractivity contribution in [3.8, 4) is 0 Å². The van der Waals surface area contributed by atoms with Gasteiger partial charge in [-0.2, -0.15) is 0 Å². The van der Waals surface area contributed by atoms with E-state index in [0.29, 0.717) is 0 Å². The van der Waals surface area contributed by atoms with E-state index in [2.05, 4.69) is 40.3 Å². The molecule has 0 heteroatoms. The van der Waals surface area contributed by atoms with Crippen LogP contribution >= 0.6 is 0 Å². The van der Waals surface area contributed by atoms with Gasteiger partial charge in [0, 0.05) is 0 Å². The molecular formula is C14H24. The quantitative estimate of drug-likeness (QED) is 0.517. The predicted molar refractivity (Wildman–Crippen MR) is 66.5 cm³/mol. The van der Waals surface area contributed by atoms with E-state index < -0.39 is 0 Å². The smallest absolute Gasteiger partial charge is 0.0106 e. The monoisotopic (exact) mass is 192 g/mol. The summed E-state index contributed by atoms with van der Waals surface area (Å²) in [6, 6.07) is 0. The van der Waals surface area contributed by atoms with Crippen molar-refractivity contribution in [2.45, 2.75) is 53.4 Å². The van der Waals surface area contributed by atoms with Gasteiger partial charge in [-0.15, -0.1) is 6.58 Å².